The molecule has 0 N–H and O–H groups in total. The summed E-state index contributed by atoms with van der Waals surface area (Å²) in [5, 5.41) is -0.0742. The van der Waals surface area contributed by atoms with E-state index in [0.717, 1.165) is 16.9 Å². The first kappa shape index (κ1) is 12.0. The maximum atomic E-state index is 6.32. The number of rotatable bonds is 2. The number of imidazole rings is 1. The molecule has 0 spiro atoms. The van der Waals surface area contributed by atoms with Gasteiger partial charge >= 0.3 is 0 Å². The monoisotopic (exact) mass is 263 g/mol. The van der Waals surface area contributed by atoms with Crippen LogP contribution in [-0.4, -0.2) is 14.5 Å². The number of pyridine rings is 1. The van der Waals surface area contributed by atoms with Gasteiger partial charge in [0.2, 0.25) is 0 Å². The van der Waals surface area contributed by atoms with Gasteiger partial charge in [-0.15, -0.1) is 11.6 Å². The van der Waals surface area contributed by atoms with Crippen LogP contribution in [0, 0.1) is 0 Å². The van der Waals surface area contributed by atoms with E-state index < -0.39 is 0 Å². The number of alkyl halides is 1. The van der Waals surface area contributed by atoms with Crippen molar-refractivity contribution in [2.75, 3.05) is 0 Å². The Morgan fingerprint density at radius 3 is 2.78 bits per heavy atom. The standard InChI is InChI=1S/C14H18ClN3/c1-10(15)13-17-11-9-16-8-5-12(11)18(13)14(2)6-3-4-7-14/h5,8-10H,3-4,6-7H2,1-2H3. The maximum Gasteiger partial charge on any atom is 0.128 e. The summed E-state index contributed by atoms with van der Waals surface area (Å²) < 4.78 is 2.36. The Morgan fingerprint density at radius 1 is 1.39 bits per heavy atom. The lowest BCUT2D eigenvalue weighted by Gasteiger charge is -2.29. The SMILES string of the molecule is CC(Cl)c1nc2cnccc2n1C1(C)CCCC1. The number of nitrogens with zero attached hydrogens (tertiary/aromatic N) is 3. The molecule has 1 fully saturated rings. The average molecular weight is 264 g/mol. The molecule has 3 nitrogen and oxygen atoms in total. The molecule has 0 amide bonds. The Hall–Kier alpha value is -1.09. The molecule has 0 aliphatic heterocycles. The summed E-state index contributed by atoms with van der Waals surface area (Å²) >= 11 is 6.32. The minimum Gasteiger partial charge on any atom is -0.321 e. The number of fused-ring (bicyclic) bond motifs is 1. The summed E-state index contributed by atoms with van der Waals surface area (Å²) in [6, 6.07) is 2.05. The van der Waals surface area contributed by atoms with Crippen molar-refractivity contribution < 1.29 is 0 Å². The molecule has 4 heteroatoms. The zero-order valence-corrected chi connectivity index (χ0v) is 11.6. The van der Waals surface area contributed by atoms with E-state index in [1.165, 1.54) is 25.7 Å². The van der Waals surface area contributed by atoms with Crippen molar-refractivity contribution in [1.82, 2.24) is 14.5 Å². The van der Waals surface area contributed by atoms with E-state index in [0.29, 0.717) is 0 Å². The van der Waals surface area contributed by atoms with Crippen LogP contribution < -0.4 is 0 Å². The predicted molar refractivity (Wildman–Crippen MR) is 73.9 cm³/mol. The minimum absolute atomic E-state index is 0.0742. The molecule has 0 bridgehead atoms. The minimum atomic E-state index is -0.0742. The third-order valence-electron chi connectivity index (χ3n) is 4.06. The molecule has 0 radical (unpaired) electrons. The summed E-state index contributed by atoms with van der Waals surface area (Å²) in [5.74, 6) is 0.976. The third kappa shape index (κ3) is 1.72. The Bertz CT molecular complexity index is 567. The van der Waals surface area contributed by atoms with E-state index in [4.69, 9.17) is 11.6 Å². The Balaban J connectivity index is 2.27. The van der Waals surface area contributed by atoms with E-state index >= 15 is 0 Å². The van der Waals surface area contributed by atoms with E-state index in [2.05, 4.69) is 27.5 Å². The fraction of sp³-hybridized carbons (Fsp3) is 0.571. The van der Waals surface area contributed by atoms with Gasteiger partial charge in [0.15, 0.2) is 0 Å². The van der Waals surface area contributed by atoms with Gasteiger partial charge in [-0.2, -0.15) is 0 Å². The summed E-state index contributed by atoms with van der Waals surface area (Å²) in [7, 11) is 0. The predicted octanol–water partition coefficient (Wildman–Crippen LogP) is 4.02. The van der Waals surface area contributed by atoms with Crippen LogP contribution in [-0.2, 0) is 5.54 Å². The fourth-order valence-corrected chi connectivity index (χ4v) is 3.29. The lowest BCUT2D eigenvalue weighted by Crippen LogP contribution is -2.28. The van der Waals surface area contributed by atoms with Crippen molar-refractivity contribution in [2.24, 2.45) is 0 Å². The maximum absolute atomic E-state index is 6.32. The lowest BCUT2D eigenvalue weighted by molar-refractivity contribution is 0.328. The highest BCUT2D eigenvalue weighted by atomic mass is 35.5. The number of hydrogen-bond donors (Lipinski definition) is 0. The second kappa shape index (κ2) is 4.23. The third-order valence-corrected chi connectivity index (χ3v) is 4.25. The Labute approximate surface area is 112 Å². The largest absolute Gasteiger partial charge is 0.321 e. The van der Waals surface area contributed by atoms with Gasteiger partial charge in [-0.25, -0.2) is 4.98 Å². The number of halogens is 1. The highest BCUT2D eigenvalue weighted by molar-refractivity contribution is 6.20. The molecule has 18 heavy (non-hydrogen) atoms. The smallest absolute Gasteiger partial charge is 0.128 e. The van der Waals surface area contributed by atoms with Crippen LogP contribution in [0.2, 0.25) is 0 Å². The highest BCUT2D eigenvalue weighted by Crippen LogP contribution is 2.40. The van der Waals surface area contributed by atoms with Crippen molar-refractivity contribution in [3.8, 4) is 0 Å². The van der Waals surface area contributed by atoms with Crippen molar-refractivity contribution >= 4 is 22.6 Å². The van der Waals surface area contributed by atoms with Crippen molar-refractivity contribution in [2.45, 2.75) is 50.4 Å². The number of hydrogen-bond acceptors (Lipinski definition) is 2. The van der Waals surface area contributed by atoms with E-state index in [1.54, 1.807) is 0 Å². The van der Waals surface area contributed by atoms with Crippen LogP contribution in [0.4, 0.5) is 0 Å². The van der Waals surface area contributed by atoms with Gasteiger partial charge in [-0.05, 0) is 32.8 Å². The quantitative estimate of drug-likeness (QED) is 0.766. The zero-order chi connectivity index (χ0) is 12.8. The summed E-state index contributed by atoms with van der Waals surface area (Å²) in [6.07, 6.45) is 8.65. The normalized spacial score (nSPS) is 20.4. The number of aromatic nitrogens is 3. The second-order valence-corrected chi connectivity index (χ2v) is 6.14. The molecule has 1 saturated carbocycles. The zero-order valence-electron chi connectivity index (χ0n) is 10.9. The first-order valence-electron chi connectivity index (χ1n) is 6.59. The van der Waals surface area contributed by atoms with Crippen molar-refractivity contribution in [3.63, 3.8) is 0 Å². The second-order valence-electron chi connectivity index (χ2n) is 5.49. The highest BCUT2D eigenvalue weighted by Gasteiger charge is 2.34. The van der Waals surface area contributed by atoms with Gasteiger partial charge in [-0.3, -0.25) is 4.98 Å². The average Bonchev–Trinajstić information content (AvgIpc) is 2.93. The summed E-state index contributed by atoms with van der Waals surface area (Å²) in [6.45, 7) is 4.31. The Morgan fingerprint density at radius 2 is 2.11 bits per heavy atom. The lowest BCUT2D eigenvalue weighted by atomic mass is 9.99. The molecule has 3 rings (SSSR count). The van der Waals surface area contributed by atoms with E-state index in [1.807, 2.05) is 19.3 Å². The molecule has 1 atom stereocenters. The van der Waals surface area contributed by atoms with Crippen LogP contribution in [0.15, 0.2) is 18.5 Å². The molecule has 1 aliphatic carbocycles. The molecule has 1 aliphatic rings. The van der Waals surface area contributed by atoms with Gasteiger partial charge < -0.3 is 4.57 Å². The van der Waals surface area contributed by atoms with Crippen molar-refractivity contribution in [1.29, 1.82) is 0 Å². The van der Waals surface area contributed by atoms with Crippen LogP contribution in [0.3, 0.4) is 0 Å². The molecular weight excluding hydrogens is 246 g/mol. The first-order valence-corrected chi connectivity index (χ1v) is 7.02. The molecule has 2 aromatic rings. The van der Waals surface area contributed by atoms with E-state index in [9.17, 15) is 0 Å². The van der Waals surface area contributed by atoms with Crippen molar-refractivity contribution in [3.05, 3.63) is 24.3 Å². The van der Waals surface area contributed by atoms with E-state index in [-0.39, 0.29) is 10.9 Å². The molecule has 1 unspecified atom stereocenters. The van der Waals surface area contributed by atoms with Crippen LogP contribution in [0.5, 0.6) is 0 Å². The summed E-state index contributed by atoms with van der Waals surface area (Å²) in [4.78, 5) is 8.83. The molecular formula is C14H18ClN3. The molecule has 0 saturated heterocycles. The molecule has 2 aromatic heterocycles. The molecule has 0 aromatic carbocycles. The topological polar surface area (TPSA) is 30.7 Å². The van der Waals surface area contributed by atoms with Gasteiger partial charge in [0.25, 0.3) is 0 Å². The van der Waals surface area contributed by atoms with Gasteiger partial charge in [0.1, 0.15) is 11.3 Å². The first-order chi connectivity index (χ1) is 8.62. The molecule has 96 valence electrons. The van der Waals surface area contributed by atoms with Gasteiger partial charge in [0, 0.05) is 11.7 Å². The van der Waals surface area contributed by atoms with Crippen LogP contribution >= 0.6 is 11.6 Å². The molecule has 2 heterocycles. The van der Waals surface area contributed by atoms with Gasteiger partial charge in [0.05, 0.1) is 17.1 Å². The van der Waals surface area contributed by atoms with Gasteiger partial charge in [-0.1, -0.05) is 12.8 Å². The summed E-state index contributed by atoms with van der Waals surface area (Å²) in [5.41, 5.74) is 2.28. The van der Waals surface area contributed by atoms with Crippen LogP contribution in [0.25, 0.3) is 11.0 Å². The van der Waals surface area contributed by atoms with Crippen LogP contribution in [0.1, 0.15) is 50.7 Å². The Kier molecular flexibility index (Phi) is 2.81. The fourth-order valence-electron chi connectivity index (χ4n) is 3.15.